The molecule has 158 valence electrons. The van der Waals surface area contributed by atoms with E-state index in [1.54, 1.807) is 24.3 Å². The van der Waals surface area contributed by atoms with Crippen LogP contribution in [0, 0.1) is 0 Å². The van der Waals surface area contributed by atoms with Gasteiger partial charge in [0.1, 0.15) is 6.29 Å². The molecule has 4 nitrogen and oxygen atoms in total. The highest BCUT2D eigenvalue weighted by Gasteiger charge is 2.17. The van der Waals surface area contributed by atoms with Crippen LogP contribution in [0.15, 0.2) is 72.8 Å². The highest BCUT2D eigenvalue weighted by atomic mass is 35.5. The Balaban J connectivity index is 1.82. The number of carbonyl (C=O) groups excluding carboxylic acids is 2. The Morgan fingerprint density at radius 2 is 1.31 bits per heavy atom. The second kappa shape index (κ2) is 9.35. The molecule has 0 saturated carbocycles. The van der Waals surface area contributed by atoms with E-state index in [9.17, 15) is 9.59 Å². The molecule has 0 aliphatic carbocycles. The molecule has 4 aromatic rings. The number of benzene rings is 3. The van der Waals surface area contributed by atoms with Crippen LogP contribution >= 0.6 is 23.2 Å². The Bertz CT molecular complexity index is 1320. The molecule has 0 saturated heterocycles. The van der Waals surface area contributed by atoms with E-state index in [1.807, 2.05) is 48.5 Å². The predicted molar refractivity (Wildman–Crippen MR) is 128 cm³/mol. The normalized spacial score (nSPS) is 10.6. The minimum absolute atomic E-state index is 0.234. The van der Waals surface area contributed by atoms with Crippen molar-refractivity contribution < 1.29 is 14.3 Å². The summed E-state index contributed by atoms with van der Waals surface area (Å²) >= 11 is 13.6. The van der Waals surface area contributed by atoms with E-state index >= 15 is 0 Å². The third-order valence-corrected chi connectivity index (χ3v) is 5.95. The second-order valence-electron chi connectivity index (χ2n) is 6.99. The van der Waals surface area contributed by atoms with Gasteiger partial charge in [-0.3, -0.25) is 9.59 Å². The van der Waals surface area contributed by atoms with Gasteiger partial charge in [-0.15, -0.1) is 0 Å². The van der Waals surface area contributed by atoms with E-state index in [2.05, 4.69) is 4.98 Å². The first-order valence-corrected chi connectivity index (χ1v) is 10.5. The summed E-state index contributed by atoms with van der Waals surface area (Å²) in [7, 11) is 1.46. The van der Waals surface area contributed by atoms with Crippen molar-refractivity contribution in [3.8, 4) is 39.4 Å². The number of carbonyl (C=O) groups is 2. The number of halogens is 2. The topological polar surface area (TPSA) is 56.3 Å². The maximum atomic E-state index is 11.2. The van der Waals surface area contributed by atoms with E-state index in [0.29, 0.717) is 38.7 Å². The number of hydrogen-bond acceptors (Lipinski definition) is 4. The Labute approximate surface area is 195 Å². The van der Waals surface area contributed by atoms with Crippen LogP contribution in [0.5, 0.6) is 5.88 Å². The largest absolute Gasteiger partial charge is 0.480 e. The lowest BCUT2D eigenvalue weighted by atomic mass is 9.96. The van der Waals surface area contributed by atoms with Gasteiger partial charge in [0, 0.05) is 27.8 Å². The lowest BCUT2D eigenvalue weighted by Crippen LogP contribution is -1.96. The number of aldehydes is 2. The molecular formula is C26H17Cl2NO3. The first-order chi connectivity index (χ1) is 15.6. The zero-order chi connectivity index (χ0) is 22.7. The molecule has 0 N–H and O–H groups in total. The fourth-order valence-electron chi connectivity index (χ4n) is 3.50. The predicted octanol–water partition coefficient (Wildman–Crippen LogP) is 7.02. The van der Waals surface area contributed by atoms with Gasteiger partial charge in [0.05, 0.1) is 28.4 Å². The summed E-state index contributed by atoms with van der Waals surface area (Å²) in [5, 5.41) is 1.03. The molecule has 0 aliphatic heterocycles. The maximum absolute atomic E-state index is 11.2. The van der Waals surface area contributed by atoms with Crippen molar-refractivity contribution in [3.63, 3.8) is 0 Å². The molecule has 1 heterocycles. The summed E-state index contributed by atoms with van der Waals surface area (Å²) in [6, 6.07) is 21.9. The van der Waals surface area contributed by atoms with Gasteiger partial charge >= 0.3 is 0 Å². The number of aromatic nitrogens is 1. The number of rotatable bonds is 6. The van der Waals surface area contributed by atoms with Crippen LogP contribution in [0.4, 0.5) is 0 Å². The number of ether oxygens (including phenoxy) is 1. The smallest absolute Gasteiger partial charge is 0.224 e. The monoisotopic (exact) mass is 461 g/mol. The van der Waals surface area contributed by atoms with Crippen LogP contribution in [0.3, 0.4) is 0 Å². The van der Waals surface area contributed by atoms with Crippen LogP contribution in [-0.4, -0.2) is 24.7 Å². The molecule has 0 unspecified atom stereocenters. The summed E-state index contributed by atoms with van der Waals surface area (Å²) in [6.07, 6.45) is 1.50. The van der Waals surface area contributed by atoms with Crippen molar-refractivity contribution in [1.82, 2.24) is 4.98 Å². The van der Waals surface area contributed by atoms with Crippen molar-refractivity contribution in [2.45, 2.75) is 0 Å². The van der Waals surface area contributed by atoms with E-state index in [4.69, 9.17) is 27.9 Å². The van der Waals surface area contributed by atoms with Gasteiger partial charge in [-0.2, -0.15) is 0 Å². The van der Waals surface area contributed by atoms with E-state index in [0.717, 1.165) is 28.5 Å². The molecular weight excluding hydrogens is 445 g/mol. The van der Waals surface area contributed by atoms with Crippen LogP contribution in [0.25, 0.3) is 33.5 Å². The number of nitrogens with zero attached hydrogens (tertiary/aromatic N) is 1. The Hall–Kier alpha value is -3.47. The van der Waals surface area contributed by atoms with Crippen LogP contribution in [-0.2, 0) is 0 Å². The van der Waals surface area contributed by atoms with Gasteiger partial charge in [-0.05, 0) is 17.7 Å². The average molecular weight is 462 g/mol. The number of pyridine rings is 1. The van der Waals surface area contributed by atoms with Gasteiger partial charge in [-0.25, -0.2) is 4.98 Å². The molecule has 0 amide bonds. The second-order valence-corrected chi connectivity index (χ2v) is 7.74. The van der Waals surface area contributed by atoms with E-state index in [1.165, 1.54) is 7.11 Å². The van der Waals surface area contributed by atoms with E-state index in [-0.39, 0.29) is 5.88 Å². The van der Waals surface area contributed by atoms with Gasteiger partial charge in [0.25, 0.3) is 0 Å². The third-order valence-electron chi connectivity index (χ3n) is 5.13. The standard InChI is InChI=1S/C26H17Cl2NO3/c1-32-26-18(15-31)12-13-23(29-26)22-7-3-6-21(25(22)28)20-5-2-4-19(24(20)27)17-10-8-16(14-30)9-11-17/h2-15H,1H3. The Kier molecular flexibility index (Phi) is 6.35. The van der Waals surface area contributed by atoms with E-state index < -0.39 is 0 Å². The van der Waals surface area contributed by atoms with Crippen molar-refractivity contribution in [3.05, 3.63) is 94.0 Å². The molecule has 1 aromatic heterocycles. The van der Waals surface area contributed by atoms with Crippen LogP contribution in [0.2, 0.25) is 10.0 Å². The summed E-state index contributed by atoms with van der Waals surface area (Å²) in [6.45, 7) is 0. The highest BCUT2D eigenvalue weighted by Crippen LogP contribution is 2.42. The molecule has 6 heteroatoms. The molecule has 0 aliphatic rings. The fraction of sp³-hybridized carbons (Fsp3) is 0.0385. The van der Waals surface area contributed by atoms with Gasteiger partial charge in [0.15, 0.2) is 6.29 Å². The van der Waals surface area contributed by atoms with Crippen molar-refractivity contribution in [1.29, 1.82) is 0 Å². The molecule has 0 bridgehead atoms. The van der Waals surface area contributed by atoms with Gasteiger partial charge < -0.3 is 4.74 Å². The highest BCUT2D eigenvalue weighted by molar-refractivity contribution is 6.39. The quantitative estimate of drug-likeness (QED) is 0.289. The molecule has 0 fully saturated rings. The average Bonchev–Trinajstić information content (AvgIpc) is 2.84. The van der Waals surface area contributed by atoms with Gasteiger partial charge in [-0.1, -0.05) is 83.9 Å². The Morgan fingerprint density at radius 1 is 0.719 bits per heavy atom. The molecule has 3 aromatic carbocycles. The fourth-order valence-corrected chi connectivity index (χ4v) is 4.16. The molecule has 0 radical (unpaired) electrons. The minimum Gasteiger partial charge on any atom is -0.480 e. The Morgan fingerprint density at radius 3 is 1.91 bits per heavy atom. The summed E-state index contributed by atoms with van der Waals surface area (Å²) in [5.74, 6) is 0.234. The van der Waals surface area contributed by atoms with Crippen LogP contribution < -0.4 is 4.74 Å². The lowest BCUT2D eigenvalue weighted by molar-refractivity contribution is 0.111. The summed E-state index contributed by atoms with van der Waals surface area (Å²) < 4.78 is 5.23. The molecule has 32 heavy (non-hydrogen) atoms. The third kappa shape index (κ3) is 4.03. The van der Waals surface area contributed by atoms with Crippen molar-refractivity contribution >= 4 is 35.8 Å². The first-order valence-electron chi connectivity index (χ1n) is 9.71. The number of methoxy groups -OCH3 is 1. The molecule has 4 rings (SSSR count). The summed E-state index contributed by atoms with van der Waals surface area (Å²) in [4.78, 5) is 26.6. The molecule has 0 spiro atoms. The zero-order valence-electron chi connectivity index (χ0n) is 17.0. The first kappa shape index (κ1) is 21.8. The lowest BCUT2D eigenvalue weighted by Gasteiger charge is -2.14. The van der Waals surface area contributed by atoms with Crippen molar-refractivity contribution in [2.24, 2.45) is 0 Å². The van der Waals surface area contributed by atoms with Crippen molar-refractivity contribution in [2.75, 3.05) is 7.11 Å². The molecule has 0 atom stereocenters. The van der Waals surface area contributed by atoms with Gasteiger partial charge in [0.2, 0.25) is 5.88 Å². The summed E-state index contributed by atoms with van der Waals surface area (Å²) in [5.41, 5.74) is 5.48. The maximum Gasteiger partial charge on any atom is 0.224 e. The number of hydrogen-bond donors (Lipinski definition) is 0. The zero-order valence-corrected chi connectivity index (χ0v) is 18.5. The van der Waals surface area contributed by atoms with Crippen LogP contribution in [0.1, 0.15) is 20.7 Å². The SMILES string of the molecule is COc1nc(-c2cccc(-c3cccc(-c4ccc(C=O)cc4)c3Cl)c2Cl)ccc1C=O. The minimum atomic E-state index is 0.234.